The molecule has 0 aliphatic rings. The first-order valence-electron chi connectivity index (χ1n) is 10.7. The number of pyridine rings is 1. The van der Waals surface area contributed by atoms with Gasteiger partial charge in [0.05, 0.1) is 29.5 Å². The van der Waals surface area contributed by atoms with E-state index in [2.05, 4.69) is 21.0 Å². The lowest BCUT2D eigenvalue weighted by atomic mass is 9.99. The quantitative estimate of drug-likeness (QED) is 0.370. The molecule has 2 aromatic carbocycles. The van der Waals surface area contributed by atoms with E-state index < -0.39 is 17.9 Å². The van der Waals surface area contributed by atoms with Crippen molar-refractivity contribution in [3.8, 4) is 34.3 Å². The SMILES string of the molecule is Cc1cc(-c2c(OCCc3ccc(C#N)cc3)nc(N)nc2-c2ccc(F)cc2)cc(C(F)F)n1. The molecule has 0 spiro atoms. The van der Waals surface area contributed by atoms with Crippen LogP contribution in [0, 0.1) is 24.1 Å². The van der Waals surface area contributed by atoms with E-state index in [0.29, 0.717) is 40.1 Å². The molecule has 4 aromatic rings. The van der Waals surface area contributed by atoms with E-state index in [-0.39, 0.29) is 18.4 Å². The number of aromatic nitrogens is 3. The van der Waals surface area contributed by atoms with E-state index in [1.807, 2.05) is 12.1 Å². The molecule has 35 heavy (non-hydrogen) atoms. The Morgan fingerprint density at radius 3 is 2.34 bits per heavy atom. The minimum absolute atomic E-state index is 0.0821. The van der Waals surface area contributed by atoms with Crippen molar-refractivity contribution in [2.75, 3.05) is 12.3 Å². The molecule has 0 saturated heterocycles. The third-order valence-corrected chi connectivity index (χ3v) is 5.21. The van der Waals surface area contributed by atoms with E-state index in [4.69, 9.17) is 15.7 Å². The summed E-state index contributed by atoms with van der Waals surface area (Å²) in [5.74, 6) is -0.409. The Morgan fingerprint density at radius 2 is 1.69 bits per heavy atom. The summed E-state index contributed by atoms with van der Waals surface area (Å²) in [4.78, 5) is 12.5. The highest BCUT2D eigenvalue weighted by molar-refractivity contribution is 5.85. The Balaban J connectivity index is 1.78. The number of nitrogen functional groups attached to an aromatic ring is 1. The van der Waals surface area contributed by atoms with Crippen LogP contribution in [0.1, 0.15) is 28.9 Å². The Labute approximate surface area is 199 Å². The lowest BCUT2D eigenvalue weighted by molar-refractivity contribution is 0.146. The largest absolute Gasteiger partial charge is 0.477 e. The molecule has 9 heteroatoms. The number of alkyl halides is 2. The van der Waals surface area contributed by atoms with Crippen LogP contribution >= 0.6 is 0 Å². The number of nitrogens with two attached hydrogens (primary N) is 1. The van der Waals surface area contributed by atoms with Gasteiger partial charge in [-0.15, -0.1) is 0 Å². The van der Waals surface area contributed by atoms with Crippen molar-refractivity contribution < 1.29 is 17.9 Å². The highest BCUT2D eigenvalue weighted by Gasteiger charge is 2.21. The van der Waals surface area contributed by atoms with Crippen LogP contribution in [-0.4, -0.2) is 21.6 Å². The van der Waals surface area contributed by atoms with Crippen molar-refractivity contribution in [2.45, 2.75) is 19.8 Å². The lowest BCUT2D eigenvalue weighted by Gasteiger charge is -2.16. The van der Waals surface area contributed by atoms with Crippen LogP contribution in [0.25, 0.3) is 22.4 Å². The first kappa shape index (κ1) is 23.7. The van der Waals surface area contributed by atoms with Crippen LogP contribution in [0.15, 0.2) is 60.7 Å². The van der Waals surface area contributed by atoms with Crippen molar-refractivity contribution in [1.82, 2.24) is 15.0 Å². The Hall–Kier alpha value is -4.45. The zero-order valence-corrected chi connectivity index (χ0v) is 18.7. The molecule has 0 radical (unpaired) electrons. The summed E-state index contributed by atoms with van der Waals surface area (Å²) in [6, 6.07) is 17.6. The molecule has 176 valence electrons. The Kier molecular flexibility index (Phi) is 6.92. The molecule has 6 nitrogen and oxygen atoms in total. The normalized spacial score (nSPS) is 10.9. The average Bonchev–Trinajstić information content (AvgIpc) is 2.84. The van der Waals surface area contributed by atoms with E-state index >= 15 is 0 Å². The number of nitriles is 1. The highest BCUT2D eigenvalue weighted by atomic mass is 19.3. The Bertz CT molecular complexity index is 1380. The maximum atomic E-state index is 13.6. The van der Waals surface area contributed by atoms with Gasteiger partial charge < -0.3 is 10.5 Å². The number of halogens is 3. The van der Waals surface area contributed by atoms with E-state index in [1.54, 1.807) is 25.1 Å². The molecule has 0 fully saturated rings. The van der Waals surface area contributed by atoms with Gasteiger partial charge in [-0.1, -0.05) is 12.1 Å². The van der Waals surface area contributed by atoms with Crippen molar-refractivity contribution >= 4 is 5.95 Å². The Morgan fingerprint density at radius 1 is 0.971 bits per heavy atom. The van der Waals surface area contributed by atoms with Gasteiger partial charge in [0.1, 0.15) is 11.5 Å². The second-order valence-electron chi connectivity index (χ2n) is 7.75. The van der Waals surface area contributed by atoms with Crippen LogP contribution in [0.3, 0.4) is 0 Å². The fourth-order valence-electron chi connectivity index (χ4n) is 3.60. The highest BCUT2D eigenvalue weighted by Crippen LogP contribution is 2.39. The molecule has 2 N–H and O–H groups in total. The van der Waals surface area contributed by atoms with Crippen molar-refractivity contribution in [2.24, 2.45) is 0 Å². The molecular formula is C26H20F3N5O. The van der Waals surface area contributed by atoms with Crippen LogP contribution in [0.4, 0.5) is 19.1 Å². The van der Waals surface area contributed by atoms with Gasteiger partial charge in [-0.25, -0.2) is 18.2 Å². The minimum atomic E-state index is -2.78. The zero-order chi connectivity index (χ0) is 24.9. The van der Waals surface area contributed by atoms with Gasteiger partial charge in [0.25, 0.3) is 6.43 Å². The molecule has 2 heterocycles. The number of nitrogens with zero attached hydrogens (tertiary/aromatic N) is 4. The summed E-state index contributed by atoms with van der Waals surface area (Å²) in [7, 11) is 0. The second-order valence-corrected chi connectivity index (χ2v) is 7.75. The summed E-state index contributed by atoms with van der Waals surface area (Å²) in [6.07, 6.45) is -2.28. The van der Waals surface area contributed by atoms with E-state index in [0.717, 1.165) is 5.56 Å². The number of ether oxygens (including phenoxy) is 1. The summed E-state index contributed by atoms with van der Waals surface area (Å²) >= 11 is 0. The van der Waals surface area contributed by atoms with E-state index in [9.17, 15) is 13.2 Å². The molecule has 0 saturated carbocycles. The molecule has 0 atom stereocenters. The van der Waals surface area contributed by atoms with Crippen LogP contribution in [0.5, 0.6) is 5.88 Å². The summed E-state index contributed by atoms with van der Waals surface area (Å²) in [6.45, 7) is 1.81. The first-order valence-corrected chi connectivity index (χ1v) is 10.7. The molecule has 0 aliphatic carbocycles. The molecule has 2 aromatic heterocycles. The number of benzene rings is 2. The van der Waals surface area contributed by atoms with Gasteiger partial charge in [-0.2, -0.15) is 10.2 Å². The molecule has 4 rings (SSSR count). The van der Waals surface area contributed by atoms with Crippen molar-refractivity contribution in [3.05, 3.63) is 89.0 Å². The standard InChI is InChI=1S/C26H20F3N5O/c1-15-12-19(13-21(32-15)24(28)29)22-23(18-6-8-20(27)9-7-18)33-26(31)34-25(22)35-11-10-16-2-4-17(14-30)5-3-16/h2-9,12-13,24H,10-11H2,1H3,(H2,31,33,34). The topological polar surface area (TPSA) is 97.7 Å². The van der Waals surface area contributed by atoms with Gasteiger partial charge in [0.2, 0.25) is 11.8 Å². The predicted molar refractivity (Wildman–Crippen MR) is 125 cm³/mol. The van der Waals surface area contributed by atoms with Crippen LogP contribution in [-0.2, 0) is 6.42 Å². The maximum absolute atomic E-state index is 13.6. The number of hydrogen-bond donors (Lipinski definition) is 1. The van der Waals surface area contributed by atoms with Gasteiger partial charge in [-0.05, 0) is 66.6 Å². The predicted octanol–water partition coefficient (Wildman–Crippen LogP) is 5.67. The molecule has 0 unspecified atom stereocenters. The summed E-state index contributed by atoms with van der Waals surface area (Å²) in [5, 5.41) is 8.95. The number of hydrogen-bond acceptors (Lipinski definition) is 6. The summed E-state index contributed by atoms with van der Waals surface area (Å²) < 4.78 is 46.6. The molecule has 0 aliphatic heterocycles. The lowest BCUT2D eigenvalue weighted by Crippen LogP contribution is -2.08. The van der Waals surface area contributed by atoms with Gasteiger partial charge in [0.15, 0.2) is 0 Å². The monoisotopic (exact) mass is 475 g/mol. The van der Waals surface area contributed by atoms with Gasteiger partial charge >= 0.3 is 0 Å². The second kappa shape index (κ2) is 10.2. The first-order chi connectivity index (χ1) is 16.8. The zero-order valence-electron chi connectivity index (χ0n) is 18.7. The summed E-state index contributed by atoms with van der Waals surface area (Å²) in [5.41, 5.74) is 8.97. The van der Waals surface area contributed by atoms with E-state index in [1.165, 1.54) is 30.3 Å². The fourth-order valence-corrected chi connectivity index (χ4v) is 3.60. The third kappa shape index (κ3) is 5.55. The maximum Gasteiger partial charge on any atom is 0.280 e. The smallest absolute Gasteiger partial charge is 0.280 e. The van der Waals surface area contributed by atoms with Gasteiger partial charge in [-0.3, -0.25) is 4.98 Å². The molecular weight excluding hydrogens is 455 g/mol. The number of rotatable bonds is 7. The number of anilines is 1. The van der Waals surface area contributed by atoms with Crippen LogP contribution in [0.2, 0.25) is 0 Å². The minimum Gasteiger partial charge on any atom is -0.477 e. The van der Waals surface area contributed by atoms with Crippen molar-refractivity contribution in [1.29, 1.82) is 5.26 Å². The molecule has 0 amide bonds. The van der Waals surface area contributed by atoms with Crippen LogP contribution < -0.4 is 10.5 Å². The third-order valence-electron chi connectivity index (χ3n) is 5.21. The average molecular weight is 475 g/mol. The fraction of sp³-hybridized carbons (Fsp3) is 0.154. The van der Waals surface area contributed by atoms with Gasteiger partial charge in [0, 0.05) is 17.7 Å². The number of aryl methyl sites for hydroxylation is 1. The molecule has 0 bridgehead atoms. The van der Waals surface area contributed by atoms with Crippen molar-refractivity contribution in [3.63, 3.8) is 0 Å².